The summed E-state index contributed by atoms with van der Waals surface area (Å²) in [7, 11) is 0. The SMILES string of the molecule is CCOC(=O)C(C#N)=CNNc1ccccc1. The van der Waals surface area contributed by atoms with Crippen LogP contribution in [-0.4, -0.2) is 12.6 Å². The lowest BCUT2D eigenvalue weighted by molar-refractivity contribution is -0.138. The number of nitrogens with zero attached hydrogens (tertiary/aromatic N) is 1. The number of hydrazine groups is 1. The van der Waals surface area contributed by atoms with E-state index in [1.165, 1.54) is 6.20 Å². The van der Waals surface area contributed by atoms with Crippen molar-refractivity contribution in [1.29, 1.82) is 5.26 Å². The van der Waals surface area contributed by atoms with E-state index in [9.17, 15) is 4.79 Å². The molecule has 0 aromatic heterocycles. The molecule has 0 aliphatic carbocycles. The van der Waals surface area contributed by atoms with Gasteiger partial charge < -0.3 is 15.6 Å². The highest BCUT2D eigenvalue weighted by molar-refractivity contribution is 5.92. The topological polar surface area (TPSA) is 74.2 Å². The van der Waals surface area contributed by atoms with Crippen molar-refractivity contribution in [3.8, 4) is 6.07 Å². The molecular formula is C12H13N3O2. The van der Waals surface area contributed by atoms with Gasteiger partial charge in [0.25, 0.3) is 0 Å². The third-order valence-electron chi connectivity index (χ3n) is 1.82. The maximum Gasteiger partial charge on any atom is 0.350 e. The maximum absolute atomic E-state index is 11.2. The van der Waals surface area contributed by atoms with Gasteiger partial charge in [-0.3, -0.25) is 0 Å². The molecule has 5 nitrogen and oxygen atoms in total. The molecule has 88 valence electrons. The van der Waals surface area contributed by atoms with Crippen LogP contribution in [0.5, 0.6) is 0 Å². The van der Waals surface area contributed by atoms with Crippen LogP contribution in [0, 0.1) is 11.3 Å². The minimum atomic E-state index is -0.641. The molecule has 0 saturated heterocycles. The predicted octanol–water partition coefficient (Wildman–Crippen LogP) is 1.57. The zero-order valence-electron chi connectivity index (χ0n) is 9.43. The van der Waals surface area contributed by atoms with Gasteiger partial charge in [0.15, 0.2) is 5.57 Å². The van der Waals surface area contributed by atoms with E-state index in [0.717, 1.165) is 5.69 Å². The van der Waals surface area contributed by atoms with Crippen LogP contribution in [0.15, 0.2) is 42.1 Å². The average molecular weight is 231 g/mol. The number of rotatable bonds is 5. The van der Waals surface area contributed by atoms with E-state index in [0.29, 0.717) is 0 Å². The monoisotopic (exact) mass is 231 g/mol. The molecule has 1 aromatic carbocycles. The summed E-state index contributed by atoms with van der Waals surface area (Å²) >= 11 is 0. The number of carbonyl (C=O) groups is 1. The van der Waals surface area contributed by atoms with E-state index in [2.05, 4.69) is 10.9 Å². The summed E-state index contributed by atoms with van der Waals surface area (Å²) in [6.45, 7) is 1.92. The molecule has 1 aromatic rings. The zero-order chi connectivity index (χ0) is 12.5. The van der Waals surface area contributed by atoms with E-state index in [-0.39, 0.29) is 12.2 Å². The average Bonchev–Trinajstić information content (AvgIpc) is 2.36. The van der Waals surface area contributed by atoms with Gasteiger partial charge in [0, 0.05) is 6.20 Å². The Balaban J connectivity index is 2.52. The Morgan fingerprint density at radius 1 is 1.47 bits per heavy atom. The van der Waals surface area contributed by atoms with Crippen LogP contribution in [0.4, 0.5) is 5.69 Å². The number of carbonyl (C=O) groups excluding carboxylic acids is 1. The lowest BCUT2D eigenvalue weighted by Gasteiger charge is -2.05. The summed E-state index contributed by atoms with van der Waals surface area (Å²) < 4.78 is 4.70. The Morgan fingerprint density at radius 3 is 2.76 bits per heavy atom. The number of nitriles is 1. The number of hydrogen-bond donors (Lipinski definition) is 2. The zero-order valence-corrected chi connectivity index (χ0v) is 9.43. The Hall–Kier alpha value is -2.48. The van der Waals surface area contributed by atoms with E-state index in [1.807, 2.05) is 30.3 Å². The Labute approximate surface area is 99.7 Å². The van der Waals surface area contributed by atoms with Gasteiger partial charge in [-0.05, 0) is 19.1 Å². The molecule has 0 radical (unpaired) electrons. The van der Waals surface area contributed by atoms with Crippen LogP contribution in [0.1, 0.15) is 6.92 Å². The van der Waals surface area contributed by atoms with Gasteiger partial charge in [0.05, 0.1) is 12.3 Å². The van der Waals surface area contributed by atoms with Crippen molar-refractivity contribution < 1.29 is 9.53 Å². The fourth-order valence-corrected chi connectivity index (χ4v) is 1.06. The normalized spacial score (nSPS) is 10.2. The number of esters is 1. The Bertz CT molecular complexity index is 435. The lowest BCUT2D eigenvalue weighted by Crippen LogP contribution is -2.17. The second-order valence-electron chi connectivity index (χ2n) is 3.03. The maximum atomic E-state index is 11.2. The van der Waals surface area contributed by atoms with Gasteiger partial charge in [-0.2, -0.15) is 5.26 Å². The smallest absolute Gasteiger partial charge is 0.350 e. The van der Waals surface area contributed by atoms with Crippen LogP contribution in [0.3, 0.4) is 0 Å². The molecule has 0 fully saturated rings. The quantitative estimate of drug-likeness (QED) is 0.348. The minimum absolute atomic E-state index is 0.0877. The molecule has 0 amide bonds. The van der Waals surface area contributed by atoms with Crippen molar-refractivity contribution in [1.82, 2.24) is 5.43 Å². The summed E-state index contributed by atoms with van der Waals surface area (Å²) in [5.74, 6) is -0.641. The molecule has 0 saturated carbocycles. The highest BCUT2D eigenvalue weighted by atomic mass is 16.5. The molecule has 1 rings (SSSR count). The highest BCUT2D eigenvalue weighted by Gasteiger charge is 2.08. The van der Waals surface area contributed by atoms with E-state index in [4.69, 9.17) is 10.00 Å². The first-order valence-corrected chi connectivity index (χ1v) is 5.12. The number of para-hydroxylation sites is 1. The fraction of sp³-hybridized carbons (Fsp3) is 0.167. The van der Waals surface area contributed by atoms with E-state index in [1.54, 1.807) is 13.0 Å². The van der Waals surface area contributed by atoms with Crippen molar-refractivity contribution in [3.63, 3.8) is 0 Å². The van der Waals surface area contributed by atoms with E-state index >= 15 is 0 Å². The first-order valence-electron chi connectivity index (χ1n) is 5.12. The largest absolute Gasteiger partial charge is 0.462 e. The molecule has 0 atom stereocenters. The van der Waals surface area contributed by atoms with Crippen LogP contribution < -0.4 is 10.9 Å². The summed E-state index contributed by atoms with van der Waals surface area (Å²) in [4.78, 5) is 11.2. The van der Waals surface area contributed by atoms with Gasteiger partial charge in [0.1, 0.15) is 6.07 Å². The number of ether oxygens (including phenoxy) is 1. The molecule has 0 heterocycles. The number of nitrogens with one attached hydrogen (secondary N) is 2. The van der Waals surface area contributed by atoms with Crippen LogP contribution >= 0.6 is 0 Å². The summed E-state index contributed by atoms with van der Waals surface area (Å²) in [5.41, 5.74) is 6.21. The van der Waals surface area contributed by atoms with Gasteiger partial charge in [-0.1, -0.05) is 18.2 Å². The van der Waals surface area contributed by atoms with Crippen molar-refractivity contribution in [3.05, 3.63) is 42.1 Å². The fourth-order valence-electron chi connectivity index (χ4n) is 1.06. The van der Waals surface area contributed by atoms with Crippen molar-refractivity contribution in [2.75, 3.05) is 12.0 Å². The lowest BCUT2D eigenvalue weighted by atomic mass is 10.3. The van der Waals surface area contributed by atoms with Gasteiger partial charge >= 0.3 is 5.97 Å². The third kappa shape index (κ3) is 4.26. The van der Waals surface area contributed by atoms with Gasteiger partial charge in [-0.25, -0.2) is 4.79 Å². The molecule has 0 aliphatic heterocycles. The number of benzene rings is 1. The molecule has 5 heteroatoms. The molecule has 2 N–H and O–H groups in total. The second kappa shape index (κ2) is 6.90. The van der Waals surface area contributed by atoms with Crippen LogP contribution in [0.2, 0.25) is 0 Å². The van der Waals surface area contributed by atoms with Crippen molar-refractivity contribution in [2.24, 2.45) is 0 Å². The number of hydrogen-bond acceptors (Lipinski definition) is 5. The predicted molar refractivity (Wildman–Crippen MR) is 63.5 cm³/mol. The molecule has 0 bridgehead atoms. The summed E-state index contributed by atoms with van der Waals surface area (Å²) in [5, 5.41) is 8.73. The third-order valence-corrected chi connectivity index (χ3v) is 1.82. The number of anilines is 1. The Morgan fingerprint density at radius 2 is 2.18 bits per heavy atom. The first-order chi connectivity index (χ1) is 8.27. The van der Waals surface area contributed by atoms with Gasteiger partial charge in [0.2, 0.25) is 0 Å². The van der Waals surface area contributed by atoms with Crippen molar-refractivity contribution >= 4 is 11.7 Å². The minimum Gasteiger partial charge on any atom is -0.462 e. The second-order valence-corrected chi connectivity index (χ2v) is 3.03. The van der Waals surface area contributed by atoms with Crippen LogP contribution in [-0.2, 0) is 9.53 Å². The van der Waals surface area contributed by atoms with Gasteiger partial charge in [-0.15, -0.1) is 0 Å². The summed E-state index contributed by atoms with van der Waals surface area (Å²) in [6.07, 6.45) is 1.27. The van der Waals surface area contributed by atoms with Crippen molar-refractivity contribution in [2.45, 2.75) is 6.92 Å². The molecule has 17 heavy (non-hydrogen) atoms. The van der Waals surface area contributed by atoms with Crippen LogP contribution in [0.25, 0.3) is 0 Å². The molecular weight excluding hydrogens is 218 g/mol. The standard InChI is InChI=1S/C12H13N3O2/c1-2-17-12(16)10(8-13)9-14-15-11-6-4-3-5-7-11/h3-7,9,14-15H,2H2,1H3. The molecule has 0 unspecified atom stereocenters. The summed E-state index contributed by atoms with van der Waals surface area (Å²) in [6, 6.07) is 11.1. The highest BCUT2D eigenvalue weighted by Crippen LogP contribution is 2.03. The molecule has 0 spiro atoms. The van der Waals surface area contributed by atoms with E-state index < -0.39 is 5.97 Å². The molecule has 0 aliphatic rings. The first kappa shape index (κ1) is 12.6. The Kier molecular flexibility index (Phi) is 5.11.